The highest BCUT2D eigenvalue weighted by molar-refractivity contribution is 6.36. The lowest BCUT2D eigenvalue weighted by molar-refractivity contribution is 0.586. The van der Waals surface area contributed by atoms with Gasteiger partial charge >= 0.3 is 0 Å². The SMILES string of the molecule is CNC(Cc1c(Cl)cccc1Cl)c1ccc(F)cc1. The van der Waals surface area contributed by atoms with E-state index in [2.05, 4.69) is 5.32 Å². The summed E-state index contributed by atoms with van der Waals surface area (Å²) in [5, 5.41) is 4.50. The Balaban J connectivity index is 2.26. The Morgan fingerprint density at radius 1 is 1.05 bits per heavy atom. The fourth-order valence-corrected chi connectivity index (χ4v) is 2.56. The summed E-state index contributed by atoms with van der Waals surface area (Å²) in [6.45, 7) is 0. The number of hydrogen-bond donors (Lipinski definition) is 1. The van der Waals surface area contributed by atoms with E-state index in [9.17, 15) is 4.39 Å². The predicted molar refractivity (Wildman–Crippen MR) is 78.4 cm³/mol. The Labute approximate surface area is 122 Å². The molecule has 0 fully saturated rings. The minimum absolute atomic E-state index is 0.0398. The number of benzene rings is 2. The standard InChI is InChI=1S/C15H14Cl2FN/c1-19-15(10-5-7-11(18)8-6-10)9-12-13(16)3-2-4-14(12)17/h2-8,15,19H,9H2,1H3. The highest BCUT2D eigenvalue weighted by atomic mass is 35.5. The molecular weight excluding hydrogens is 284 g/mol. The number of rotatable bonds is 4. The molecule has 1 atom stereocenters. The van der Waals surface area contributed by atoms with Crippen LogP contribution in [0.25, 0.3) is 0 Å². The van der Waals surface area contributed by atoms with E-state index in [0.717, 1.165) is 11.1 Å². The number of likely N-dealkylation sites (N-methyl/N-ethyl adjacent to an activating group) is 1. The van der Waals surface area contributed by atoms with E-state index in [1.807, 2.05) is 25.2 Å². The third-order valence-corrected chi connectivity index (χ3v) is 3.80. The number of hydrogen-bond acceptors (Lipinski definition) is 1. The molecular formula is C15H14Cl2FN. The molecule has 2 rings (SSSR count). The first-order valence-corrected chi connectivity index (χ1v) is 6.73. The van der Waals surface area contributed by atoms with Gasteiger partial charge < -0.3 is 5.32 Å². The Morgan fingerprint density at radius 3 is 2.16 bits per heavy atom. The lowest BCUT2D eigenvalue weighted by Crippen LogP contribution is -2.19. The van der Waals surface area contributed by atoms with E-state index in [4.69, 9.17) is 23.2 Å². The maximum Gasteiger partial charge on any atom is 0.123 e. The zero-order valence-corrected chi connectivity index (χ0v) is 12.0. The second kappa shape index (κ2) is 6.38. The van der Waals surface area contributed by atoms with E-state index in [0.29, 0.717) is 16.5 Å². The van der Waals surface area contributed by atoms with Crippen LogP contribution >= 0.6 is 23.2 Å². The summed E-state index contributed by atoms with van der Waals surface area (Å²) >= 11 is 12.3. The van der Waals surface area contributed by atoms with Crippen LogP contribution in [-0.4, -0.2) is 7.05 Å². The summed E-state index contributed by atoms with van der Waals surface area (Å²) in [7, 11) is 1.86. The maximum absolute atomic E-state index is 12.9. The molecule has 4 heteroatoms. The van der Waals surface area contributed by atoms with Crippen LogP contribution in [-0.2, 0) is 6.42 Å². The average Bonchev–Trinajstić information content (AvgIpc) is 2.40. The number of nitrogens with one attached hydrogen (secondary N) is 1. The van der Waals surface area contributed by atoms with Crippen LogP contribution in [0.2, 0.25) is 10.0 Å². The summed E-state index contributed by atoms with van der Waals surface area (Å²) in [5.74, 6) is -0.241. The van der Waals surface area contributed by atoms with E-state index in [1.165, 1.54) is 12.1 Å². The summed E-state index contributed by atoms with van der Waals surface area (Å²) in [5.41, 5.74) is 1.90. The van der Waals surface area contributed by atoms with Crippen molar-refractivity contribution in [2.75, 3.05) is 7.05 Å². The molecule has 1 unspecified atom stereocenters. The van der Waals surface area contributed by atoms with Crippen LogP contribution in [0, 0.1) is 5.82 Å². The normalized spacial score (nSPS) is 12.4. The van der Waals surface area contributed by atoms with Crippen molar-refractivity contribution in [3.63, 3.8) is 0 Å². The Morgan fingerprint density at radius 2 is 1.63 bits per heavy atom. The molecule has 2 aromatic carbocycles. The first-order valence-electron chi connectivity index (χ1n) is 5.97. The Kier molecular flexibility index (Phi) is 4.81. The second-order valence-corrected chi connectivity index (χ2v) is 5.11. The van der Waals surface area contributed by atoms with Gasteiger partial charge in [-0.3, -0.25) is 0 Å². The first-order chi connectivity index (χ1) is 9.11. The maximum atomic E-state index is 12.9. The Hall–Kier alpha value is -1.09. The van der Waals surface area contributed by atoms with Gasteiger partial charge in [0.2, 0.25) is 0 Å². The minimum atomic E-state index is -0.241. The molecule has 1 N–H and O–H groups in total. The van der Waals surface area contributed by atoms with E-state index < -0.39 is 0 Å². The van der Waals surface area contributed by atoms with Gasteiger partial charge in [0.15, 0.2) is 0 Å². The van der Waals surface area contributed by atoms with Crippen LogP contribution in [0.1, 0.15) is 17.2 Å². The fraction of sp³-hybridized carbons (Fsp3) is 0.200. The molecule has 0 heterocycles. The molecule has 0 amide bonds. The largest absolute Gasteiger partial charge is 0.313 e. The topological polar surface area (TPSA) is 12.0 Å². The van der Waals surface area contributed by atoms with Crippen molar-refractivity contribution in [3.8, 4) is 0 Å². The van der Waals surface area contributed by atoms with E-state index >= 15 is 0 Å². The van der Waals surface area contributed by atoms with E-state index in [1.54, 1.807) is 12.1 Å². The molecule has 0 aliphatic carbocycles. The fourth-order valence-electron chi connectivity index (χ4n) is 2.01. The van der Waals surface area contributed by atoms with Gasteiger partial charge in [-0.2, -0.15) is 0 Å². The molecule has 0 spiro atoms. The van der Waals surface area contributed by atoms with Gasteiger partial charge in [0.25, 0.3) is 0 Å². The minimum Gasteiger partial charge on any atom is -0.313 e. The summed E-state index contributed by atoms with van der Waals surface area (Å²) in [6.07, 6.45) is 0.653. The van der Waals surface area contributed by atoms with Crippen LogP contribution in [0.15, 0.2) is 42.5 Å². The lowest BCUT2D eigenvalue weighted by Gasteiger charge is -2.18. The second-order valence-electron chi connectivity index (χ2n) is 4.30. The molecule has 0 aliphatic rings. The smallest absolute Gasteiger partial charge is 0.123 e. The van der Waals surface area contributed by atoms with Crippen molar-refractivity contribution in [1.29, 1.82) is 0 Å². The molecule has 0 saturated heterocycles. The molecule has 1 nitrogen and oxygen atoms in total. The molecule has 2 aromatic rings. The zero-order chi connectivity index (χ0) is 13.8. The monoisotopic (exact) mass is 297 g/mol. The van der Waals surface area contributed by atoms with Crippen LogP contribution in [0.4, 0.5) is 4.39 Å². The van der Waals surface area contributed by atoms with Crippen molar-refractivity contribution in [1.82, 2.24) is 5.32 Å². The van der Waals surface area contributed by atoms with Gasteiger partial charge in [-0.25, -0.2) is 4.39 Å². The van der Waals surface area contributed by atoms with Crippen molar-refractivity contribution < 1.29 is 4.39 Å². The highest BCUT2D eigenvalue weighted by Crippen LogP contribution is 2.29. The van der Waals surface area contributed by atoms with Crippen molar-refractivity contribution in [2.45, 2.75) is 12.5 Å². The van der Waals surface area contributed by atoms with Crippen LogP contribution < -0.4 is 5.32 Å². The third kappa shape index (κ3) is 3.47. The molecule has 0 saturated carbocycles. The van der Waals surface area contributed by atoms with Gasteiger partial charge in [-0.15, -0.1) is 0 Å². The van der Waals surface area contributed by atoms with Crippen LogP contribution in [0.5, 0.6) is 0 Å². The molecule has 19 heavy (non-hydrogen) atoms. The van der Waals surface area contributed by atoms with Crippen molar-refractivity contribution in [2.24, 2.45) is 0 Å². The Bertz CT molecular complexity index is 534. The van der Waals surface area contributed by atoms with Gasteiger partial charge in [0, 0.05) is 16.1 Å². The quantitative estimate of drug-likeness (QED) is 0.867. The zero-order valence-electron chi connectivity index (χ0n) is 10.5. The van der Waals surface area contributed by atoms with Gasteiger partial charge in [-0.1, -0.05) is 41.4 Å². The summed E-state index contributed by atoms with van der Waals surface area (Å²) < 4.78 is 12.9. The van der Waals surface area contributed by atoms with Gasteiger partial charge in [0.05, 0.1) is 0 Å². The molecule has 0 bridgehead atoms. The van der Waals surface area contributed by atoms with Crippen molar-refractivity contribution >= 4 is 23.2 Å². The van der Waals surface area contributed by atoms with Crippen molar-refractivity contribution in [3.05, 3.63) is 69.5 Å². The predicted octanol–water partition coefficient (Wildman–Crippen LogP) is 4.64. The third-order valence-electron chi connectivity index (χ3n) is 3.09. The summed E-state index contributed by atoms with van der Waals surface area (Å²) in [4.78, 5) is 0. The molecule has 100 valence electrons. The van der Waals surface area contributed by atoms with E-state index in [-0.39, 0.29) is 11.9 Å². The molecule has 0 radical (unpaired) electrons. The van der Waals surface area contributed by atoms with Gasteiger partial charge in [-0.05, 0) is 48.9 Å². The number of halogens is 3. The van der Waals surface area contributed by atoms with Crippen LogP contribution in [0.3, 0.4) is 0 Å². The molecule has 0 aliphatic heterocycles. The molecule has 0 aromatic heterocycles. The highest BCUT2D eigenvalue weighted by Gasteiger charge is 2.14. The lowest BCUT2D eigenvalue weighted by atomic mass is 9.99. The average molecular weight is 298 g/mol. The first kappa shape index (κ1) is 14.3. The summed E-state index contributed by atoms with van der Waals surface area (Å²) in [6, 6.07) is 11.9. The van der Waals surface area contributed by atoms with Gasteiger partial charge in [0.1, 0.15) is 5.82 Å².